The Morgan fingerprint density at radius 3 is 2.48 bits per heavy atom. The van der Waals surface area contributed by atoms with Crippen LogP contribution in [-0.2, 0) is 4.74 Å². The Hall–Kier alpha value is -1.87. The van der Waals surface area contributed by atoms with Gasteiger partial charge in [-0.1, -0.05) is 17.7 Å². The van der Waals surface area contributed by atoms with Crippen LogP contribution in [0.15, 0.2) is 36.4 Å². The molecule has 1 aliphatic heterocycles. The maximum Gasteiger partial charge on any atom is 0.231 e. The van der Waals surface area contributed by atoms with E-state index in [1.165, 1.54) is 6.92 Å². The molecule has 0 saturated carbocycles. The monoisotopic (exact) mass is 424 g/mol. The first-order valence-corrected chi connectivity index (χ1v) is 9.52. The summed E-state index contributed by atoms with van der Waals surface area (Å²) in [4.78, 5) is 0. The van der Waals surface area contributed by atoms with Gasteiger partial charge in [-0.3, -0.25) is 0 Å². The third-order valence-electron chi connectivity index (χ3n) is 5.11. The number of aryl methyl sites for hydroxylation is 1. The van der Waals surface area contributed by atoms with Crippen molar-refractivity contribution >= 4 is 11.6 Å². The van der Waals surface area contributed by atoms with Crippen LogP contribution in [0.5, 0.6) is 11.5 Å². The van der Waals surface area contributed by atoms with E-state index in [-0.39, 0.29) is 0 Å². The van der Waals surface area contributed by atoms with Crippen LogP contribution in [0.4, 0.5) is 0 Å². The van der Waals surface area contributed by atoms with Gasteiger partial charge in [0, 0.05) is 5.02 Å². The van der Waals surface area contributed by atoms with Crippen LogP contribution in [0.2, 0.25) is 5.02 Å². The van der Waals surface area contributed by atoms with E-state index in [0.717, 1.165) is 16.7 Å². The average Bonchev–Trinajstić information content (AvgIpc) is 2.69. The van der Waals surface area contributed by atoms with Crippen LogP contribution < -0.4 is 9.47 Å². The van der Waals surface area contributed by atoms with Gasteiger partial charge in [-0.05, 0) is 60.9 Å². The molecule has 29 heavy (non-hydrogen) atoms. The lowest BCUT2D eigenvalue weighted by Gasteiger charge is -2.45. The molecule has 0 aromatic heterocycles. The van der Waals surface area contributed by atoms with Crippen LogP contribution in [-0.4, -0.2) is 64.3 Å². The van der Waals surface area contributed by atoms with E-state index < -0.39 is 36.8 Å². The van der Waals surface area contributed by atoms with Crippen molar-refractivity contribution in [3.05, 3.63) is 47.0 Å². The highest BCUT2D eigenvalue weighted by Crippen LogP contribution is 2.35. The van der Waals surface area contributed by atoms with Crippen LogP contribution in [0.25, 0.3) is 11.1 Å². The fourth-order valence-corrected chi connectivity index (χ4v) is 3.51. The van der Waals surface area contributed by atoms with E-state index in [1.807, 2.05) is 31.2 Å². The standard InChI is InChI=1S/C21H25ClO7/c1-11-6-12(13-7-14(22)9-15(8-13)27-3)4-5-16(11)28-20-21(2,26)19(25)18(24)17(10-23)29-20/h4-9,17-20,23-26H,10H2,1-3H3/t17-,18-,19+,20+,21+/m1/s1. The van der Waals surface area contributed by atoms with Gasteiger partial charge in [0.25, 0.3) is 0 Å². The number of ether oxygens (including phenoxy) is 3. The predicted octanol–water partition coefficient (Wildman–Crippen LogP) is 1.89. The number of halogens is 1. The van der Waals surface area contributed by atoms with Crippen molar-refractivity contribution in [2.45, 2.75) is 44.1 Å². The van der Waals surface area contributed by atoms with Crippen LogP contribution in [0, 0.1) is 6.92 Å². The van der Waals surface area contributed by atoms with E-state index in [2.05, 4.69) is 0 Å². The summed E-state index contributed by atoms with van der Waals surface area (Å²) in [6, 6.07) is 10.8. The molecular weight excluding hydrogens is 400 g/mol. The minimum atomic E-state index is -1.88. The Labute approximate surface area is 174 Å². The number of hydrogen-bond donors (Lipinski definition) is 4. The fourth-order valence-electron chi connectivity index (χ4n) is 3.29. The molecule has 8 heteroatoms. The molecule has 7 nitrogen and oxygen atoms in total. The number of hydrogen-bond acceptors (Lipinski definition) is 7. The summed E-state index contributed by atoms with van der Waals surface area (Å²) >= 11 is 6.15. The van der Waals surface area contributed by atoms with Gasteiger partial charge in [-0.25, -0.2) is 0 Å². The zero-order valence-corrected chi connectivity index (χ0v) is 17.1. The summed E-state index contributed by atoms with van der Waals surface area (Å²) in [5.41, 5.74) is 0.623. The second-order valence-corrected chi connectivity index (χ2v) is 7.76. The molecule has 4 N–H and O–H groups in total. The molecule has 2 aromatic carbocycles. The average molecular weight is 425 g/mol. The van der Waals surface area contributed by atoms with Gasteiger partial charge in [-0.2, -0.15) is 0 Å². The van der Waals surface area contributed by atoms with Crippen LogP contribution in [0.1, 0.15) is 12.5 Å². The summed E-state index contributed by atoms with van der Waals surface area (Å²) < 4.78 is 16.5. The molecule has 0 spiro atoms. The maximum atomic E-state index is 10.6. The normalized spacial score (nSPS) is 29.5. The van der Waals surface area contributed by atoms with Gasteiger partial charge in [0.15, 0.2) is 5.60 Å². The number of benzene rings is 2. The third kappa shape index (κ3) is 4.35. The number of aliphatic hydroxyl groups excluding tert-OH is 3. The Kier molecular flexibility index (Phi) is 6.38. The zero-order valence-electron chi connectivity index (χ0n) is 16.4. The van der Waals surface area contributed by atoms with Crippen molar-refractivity contribution in [2.24, 2.45) is 0 Å². The van der Waals surface area contributed by atoms with Crippen molar-refractivity contribution < 1.29 is 34.6 Å². The third-order valence-corrected chi connectivity index (χ3v) is 5.33. The highest BCUT2D eigenvalue weighted by molar-refractivity contribution is 6.31. The van der Waals surface area contributed by atoms with E-state index in [0.29, 0.717) is 16.5 Å². The number of aliphatic hydroxyl groups is 4. The van der Waals surface area contributed by atoms with Gasteiger partial charge in [0.1, 0.15) is 29.8 Å². The highest BCUT2D eigenvalue weighted by Gasteiger charge is 2.53. The van der Waals surface area contributed by atoms with Gasteiger partial charge < -0.3 is 34.6 Å². The molecule has 0 amide bonds. The van der Waals surface area contributed by atoms with Crippen molar-refractivity contribution in [2.75, 3.05) is 13.7 Å². The molecular formula is C21H25ClO7. The van der Waals surface area contributed by atoms with Crippen molar-refractivity contribution in [3.63, 3.8) is 0 Å². The second-order valence-electron chi connectivity index (χ2n) is 7.33. The van der Waals surface area contributed by atoms with Crippen molar-refractivity contribution in [1.82, 2.24) is 0 Å². The summed E-state index contributed by atoms with van der Waals surface area (Å²) in [7, 11) is 1.57. The first-order valence-electron chi connectivity index (χ1n) is 9.14. The summed E-state index contributed by atoms with van der Waals surface area (Å²) in [6.07, 6.45) is -5.34. The summed E-state index contributed by atoms with van der Waals surface area (Å²) in [6.45, 7) is 2.61. The Bertz CT molecular complexity index is 870. The van der Waals surface area contributed by atoms with Gasteiger partial charge in [0.05, 0.1) is 13.7 Å². The Morgan fingerprint density at radius 2 is 1.86 bits per heavy atom. The van der Waals surface area contributed by atoms with Gasteiger partial charge in [0.2, 0.25) is 6.29 Å². The van der Waals surface area contributed by atoms with Crippen LogP contribution >= 0.6 is 11.6 Å². The Morgan fingerprint density at radius 1 is 1.14 bits per heavy atom. The van der Waals surface area contributed by atoms with Crippen molar-refractivity contribution in [3.8, 4) is 22.6 Å². The lowest BCUT2D eigenvalue weighted by atomic mass is 9.88. The second kappa shape index (κ2) is 8.47. The maximum absolute atomic E-state index is 10.6. The smallest absolute Gasteiger partial charge is 0.231 e. The van der Waals surface area contributed by atoms with Crippen LogP contribution in [0.3, 0.4) is 0 Å². The lowest BCUT2D eigenvalue weighted by Crippen LogP contribution is -2.66. The Balaban J connectivity index is 1.86. The highest BCUT2D eigenvalue weighted by atomic mass is 35.5. The van der Waals surface area contributed by atoms with E-state index in [9.17, 15) is 20.4 Å². The molecule has 2 aromatic rings. The molecule has 1 aliphatic rings. The molecule has 0 unspecified atom stereocenters. The molecule has 1 saturated heterocycles. The topological polar surface area (TPSA) is 109 Å². The first kappa shape index (κ1) is 21.8. The van der Waals surface area contributed by atoms with Crippen molar-refractivity contribution in [1.29, 1.82) is 0 Å². The predicted molar refractivity (Wildman–Crippen MR) is 107 cm³/mol. The fraction of sp³-hybridized carbons (Fsp3) is 0.429. The van der Waals surface area contributed by atoms with Gasteiger partial charge >= 0.3 is 0 Å². The van der Waals surface area contributed by atoms with Gasteiger partial charge in [-0.15, -0.1) is 0 Å². The molecule has 1 fully saturated rings. The zero-order chi connectivity index (χ0) is 21.3. The molecule has 158 valence electrons. The molecule has 5 atom stereocenters. The molecule has 1 heterocycles. The number of rotatable bonds is 5. The van der Waals surface area contributed by atoms with E-state index in [1.54, 1.807) is 19.2 Å². The SMILES string of the molecule is COc1cc(Cl)cc(-c2ccc(O[C@H]3O[C@H](CO)[C@@H](O)[C@H](O)[C@]3(C)O)c(C)c2)c1. The number of methoxy groups -OCH3 is 1. The molecule has 3 rings (SSSR count). The quantitative estimate of drug-likeness (QED) is 0.580. The largest absolute Gasteiger partial charge is 0.497 e. The minimum absolute atomic E-state index is 0.424. The summed E-state index contributed by atoms with van der Waals surface area (Å²) in [5, 5.41) is 40.7. The minimum Gasteiger partial charge on any atom is -0.497 e. The van der Waals surface area contributed by atoms with E-state index >= 15 is 0 Å². The summed E-state index contributed by atoms with van der Waals surface area (Å²) in [5.74, 6) is 1.06. The lowest BCUT2D eigenvalue weighted by molar-refractivity contribution is -0.314. The molecule has 0 bridgehead atoms. The van der Waals surface area contributed by atoms with E-state index in [4.69, 9.17) is 25.8 Å². The molecule has 0 aliphatic carbocycles. The first-order chi connectivity index (χ1) is 13.7. The molecule has 0 radical (unpaired) electrons.